The molecule has 0 spiro atoms. The van der Waals surface area contributed by atoms with Gasteiger partial charge in [0.2, 0.25) is 0 Å². The van der Waals surface area contributed by atoms with E-state index in [0.29, 0.717) is 24.7 Å². The van der Waals surface area contributed by atoms with Crippen molar-refractivity contribution in [3.63, 3.8) is 0 Å². The third-order valence-corrected chi connectivity index (χ3v) is 2.12. The van der Waals surface area contributed by atoms with Crippen molar-refractivity contribution in [3.8, 4) is 0 Å². The molecule has 13 heavy (non-hydrogen) atoms. The molecular formula is C8H15Cl2NO2. The molecule has 0 aromatic rings. The molecule has 1 N–H and O–H groups in total. The Morgan fingerprint density at radius 1 is 1.54 bits per heavy atom. The molecule has 78 valence electrons. The van der Waals surface area contributed by atoms with E-state index >= 15 is 0 Å². The smallest absolute Gasteiger partial charge is 0.0589 e. The summed E-state index contributed by atoms with van der Waals surface area (Å²) in [5.74, 6) is 0. The Labute approximate surface area is 88.9 Å². The molecular weight excluding hydrogens is 213 g/mol. The maximum absolute atomic E-state index is 8.74. The predicted octanol–water partition coefficient (Wildman–Crippen LogP) is 1.25. The summed E-state index contributed by atoms with van der Waals surface area (Å²) in [6.45, 7) is 2.58. The molecule has 0 saturated carbocycles. The predicted molar refractivity (Wildman–Crippen MR) is 55.2 cm³/mol. The van der Waals surface area contributed by atoms with Gasteiger partial charge in [0.15, 0.2) is 0 Å². The number of halogens is 2. The quantitative estimate of drug-likeness (QED) is 0.711. The molecule has 0 heterocycles. The molecule has 0 aliphatic carbocycles. The van der Waals surface area contributed by atoms with Crippen molar-refractivity contribution in [1.82, 2.24) is 4.90 Å². The first-order valence-corrected chi connectivity index (χ1v) is 4.83. The van der Waals surface area contributed by atoms with Crippen molar-refractivity contribution < 1.29 is 9.84 Å². The number of ether oxygens (including phenoxy) is 1. The topological polar surface area (TPSA) is 32.7 Å². The SMILES string of the molecule is COCCN(CCO)CC(Cl)=CCl. The summed E-state index contributed by atoms with van der Waals surface area (Å²) in [5.41, 5.74) is 1.33. The van der Waals surface area contributed by atoms with Crippen LogP contribution in [0.3, 0.4) is 0 Å². The van der Waals surface area contributed by atoms with Gasteiger partial charge in [0.1, 0.15) is 0 Å². The zero-order valence-corrected chi connectivity index (χ0v) is 9.18. The summed E-state index contributed by atoms with van der Waals surface area (Å²) >= 11 is 11.2. The summed E-state index contributed by atoms with van der Waals surface area (Å²) < 4.78 is 4.92. The number of hydrogen-bond acceptors (Lipinski definition) is 3. The fourth-order valence-corrected chi connectivity index (χ4v) is 1.12. The molecule has 0 aliphatic rings. The number of hydrogen-bond donors (Lipinski definition) is 1. The van der Waals surface area contributed by atoms with Crippen LogP contribution in [0.2, 0.25) is 0 Å². The highest BCUT2D eigenvalue weighted by molar-refractivity contribution is 6.36. The van der Waals surface area contributed by atoms with Crippen molar-refractivity contribution in [1.29, 1.82) is 0 Å². The molecule has 0 aromatic heterocycles. The standard InChI is InChI=1S/C8H15Cl2NO2/c1-13-5-3-11(2-4-12)7-8(10)6-9/h6,12H,2-5,7H2,1H3. The number of rotatable bonds is 7. The molecule has 0 radical (unpaired) electrons. The second-order valence-corrected chi connectivity index (χ2v) is 3.25. The lowest BCUT2D eigenvalue weighted by molar-refractivity contribution is 0.138. The Bertz CT molecular complexity index is 153. The van der Waals surface area contributed by atoms with Gasteiger partial charge in [-0.3, -0.25) is 4.90 Å². The first kappa shape index (κ1) is 13.2. The Balaban J connectivity index is 3.79. The summed E-state index contributed by atoms with van der Waals surface area (Å²) in [6, 6.07) is 0. The lowest BCUT2D eigenvalue weighted by Gasteiger charge is -2.19. The number of nitrogens with zero attached hydrogens (tertiary/aromatic N) is 1. The van der Waals surface area contributed by atoms with Gasteiger partial charge in [-0.2, -0.15) is 0 Å². The Kier molecular flexibility index (Phi) is 8.92. The first-order valence-electron chi connectivity index (χ1n) is 4.01. The van der Waals surface area contributed by atoms with E-state index in [1.807, 2.05) is 4.90 Å². The zero-order chi connectivity index (χ0) is 10.1. The van der Waals surface area contributed by atoms with E-state index in [0.717, 1.165) is 6.54 Å². The second kappa shape index (κ2) is 8.78. The average Bonchev–Trinajstić information content (AvgIpc) is 2.14. The molecule has 0 aliphatic heterocycles. The zero-order valence-electron chi connectivity index (χ0n) is 7.67. The minimum absolute atomic E-state index is 0.107. The normalized spacial score (nSPS) is 12.5. The Morgan fingerprint density at radius 3 is 2.69 bits per heavy atom. The summed E-state index contributed by atoms with van der Waals surface area (Å²) in [6.07, 6.45) is 0. The molecule has 0 fully saturated rings. The van der Waals surface area contributed by atoms with Gasteiger partial charge in [0.05, 0.1) is 13.2 Å². The van der Waals surface area contributed by atoms with Gasteiger partial charge in [-0.25, -0.2) is 0 Å². The maximum Gasteiger partial charge on any atom is 0.0589 e. The van der Waals surface area contributed by atoms with Gasteiger partial charge in [0, 0.05) is 37.3 Å². The van der Waals surface area contributed by atoms with Crippen molar-refractivity contribution in [2.45, 2.75) is 0 Å². The molecule has 0 saturated heterocycles. The van der Waals surface area contributed by atoms with Crippen LogP contribution in [0.25, 0.3) is 0 Å². The van der Waals surface area contributed by atoms with Gasteiger partial charge in [-0.1, -0.05) is 23.2 Å². The molecule has 0 rings (SSSR count). The van der Waals surface area contributed by atoms with E-state index in [9.17, 15) is 0 Å². The van der Waals surface area contributed by atoms with Crippen LogP contribution in [0.5, 0.6) is 0 Å². The molecule has 0 atom stereocenters. The van der Waals surface area contributed by atoms with Gasteiger partial charge in [-0.05, 0) is 0 Å². The monoisotopic (exact) mass is 227 g/mol. The van der Waals surface area contributed by atoms with E-state index < -0.39 is 0 Å². The van der Waals surface area contributed by atoms with E-state index in [-0.39, 0.29) is 6.61 Å². The van der Waals surface area contributed by atoms with E-state index in [4.69, 9.17) is 33.0 Å². The molecule has 3 nitrogen and oxygen atoms in total. The van der Waals surface area contributed by atoms with Gasteiger partial charge < -0.3 is 9.84 Å². The number of methoxy groups -OCH3 is 1. The highest BCUT2D eigenvalue weighted by Crippen LogP contribution is 2.05. The van der Waals surface area contributed by atoms with Crippen LogP contribution in [0.15, 0.2) is 10.6 Å². The van der Waals surface area contributed by atoms with Crippen LogP contribution in [-0.2, 0) is 4.74 Å². The Hall–Kier alpha value is 0.200. The van der Waals surface area contributed by atoms with Crippen molar-refractivity contribution in [3.05, 3.63) is 10.6 Å². The molecule has 0 amide bonds. The van der Waals surface area contributed by atoms with Gasteiger partial charge >= 0.3 is 0 Å². The fourth-order valence-electron chi connectivity index (χ4n) is 0.880. The summed E-state index contributed by atoms with van der Waals surface area (Å²) in [7, 11) is 1.64. The van der Waals surface area contributed by atoms with Crippen LogP contribution in [0.4, 0.5) is 0 Å². The number of aliphatic hydroxyl groups is 1. The van der Waals surface area contributed by atoms with Crippen molar-refractivity contribution >= 4 is 23.2 Å². The van der Waals surface area contributed by atoms with E-state index in [1.165, 1.54) is 5.54 Å². The largest absolute Gasteiger partial charge is 0.395 e. The van der Waals surface area contributed by atoms with Gasteiger partial charge in [0.25, 0.3) is 0 Å². The highest BCUT2D eigenvalue weighted by Gasteiger charge is 2.04. The lowest BCUT2D eigenvalue weighted by atomic mass is 10.4. The van der Waals surface area contributed by atoms with E-state index in [2.05, 4.69) is 0 Å². The van der Waals surface area contributed by atoms with Crippen LogP contribution in [0.1, 0.15) is 0 Å². The third kappa shape index (κ3) is 7.28. The number of aliphatic hydroxyl groups excluding tert-OH is 1. The molecule has 0 bridgehead atoms. The van der Waals surface area contributed by atoms with Crippen LogP contribution < -0.4 is 0 Å². The minimum Gasteiger partial charge on any atom is -0.395 e. The van der Waals surface area contributed by atoms with Crippen LogP contribution in [0, 0.1) is 0 Å². The molecule has 0 aromatic carbocycles. The minimum atomic E-state index is 0.107. The second-order valence-electron chi connectivity index (χ2n) is 2.55. The molecule has 5 heteroatoms. The average molecular weight is 228 g/mol. The first-order chi connectivity index (χ1) is 6.24. The van der Waals surface area contributed by atoms with Crippen molar-refractivity contribution in [2.75, 3.05) is 40.0 Å². The van der Waals surface area contributed by atoms with Gasteiger partial charge in [-0.15, -0.1) is 0 Å². The van der Waals surface area contributed by atoms with Crippen LogP contribution >= 0.6 is 23.2 Å². The van der Waals surface area contributed by atoms with Crippen LogP contribution in [-0.4, -0.2) is 50.0 Å². The summed E-state index contributed by atoms with van der Waals surface area (Å²) in [4.78, 5) is 1.96. The third-order valence-electron chi connectivity index (χ3n) is 1.52. The lowest BCUT2D eigenvalue weighted by Crippen LogP contribution is -2.31. The molecule has 0 unspecified atom stereocenters. The Morgan fingerprint density at radius 2 is 2.23 bits per heavy atom. The summed E-state index contributed by atoms with van der Waals surface area (Å²) in [5, 5.41) is 9.30. The highest BCUT2D eigenvalue weighted by atomic mass is 35.5. The van der Waals surface area contributed by atoms with E-state index in [1.54, 1.807) is 7.11 Å². The van der Waals surface area contributed by atoms with Crippen molar-refractivity contribution in [2.24, 2.45) is 0 Å². The fraction of sp³-hybridized carbons (Fsp3) is 0.750. The maximum atomic E-state index is 8.74.